The van der Waals surface area contributed by atoms with Gasteiger partial charge in [0.25, 0.3) is 0 Å². The Labute approximate surface area is 81.2 Å². The average molecular weight is 277 g/mol. The number of rotatable bonds is 1. The first-order chi connectivity index (χ1) is 5.79. The number of fused-ring (bicyclic) bond motifs is 1. The smallest absolute Gasteiger partial charge is 0.417 e. The molecule has 0 radical (unpaired) electrons. The van der Waals surface area contributed by atoms with Crippen molar-refractivity contribution in [3.8, 4) is 5.75 Å². The van der Waals surface area contributed by atoms with Gasteiger partial charge in [0.2, 0.25) is 0 Å². The Morgan fingerprint density at radius 2 is 2.33 bits per heavy atom. The highest BCUT2D eigenvalue weighted by Crippen LogP contribution is 2.19. The summed E-state index contributed by atoms with van der Waals surface area (Å²) in [4.78, 5) is 13.3. The van der Waals surface area contributed by atoms with Crippen LogP contribution in [-0.2, 0) is 0 Å². The highest BCUT2D eigenvalue weighted by molar-refractivity contribution is 14.1. The van der Waals surface area contributed by atoms with Gasteiger partial charge in [-0.25, -0.2) is 4.79 Å². The highest BCUT2D eigenvalue weighted by atomic mass is 127. The predicted octanol–water partition coefficient (Wildman–Crippen LogP) is 1.85. The Morgan fingerprint density at radius 1 is 1.50 bits per heavy atom. The number of nitrogens with one attached hydrogen (secondary N) is 1. The Hall–Kier alpha value is -0.980. The zero-order valence-corrected chi connectivity index (χ0v) is 7.99. The number of hydrogen-bond donors (Lipinski definition) is 1. The number of oxazole rings is 1. The molecule has 1 aromatic carbocycles. The second kappa shape index (κ2) is 2.81. The molecular formula is C7H4INO3. The van der Waals surface area contributed by atoms with Crippen molar-refractivity contribution < 1.29 is 7.48 Å². The third-order valence-electron chi connectivity index (χ3n) is 1.48. The van der Waals surface area contributed by atoms with Crippen molar-refractivity contribution in [1.82, 2.24) is 4.98 Å². The summed E-state index contributed by atoms with van der Waals surface area (Å²) in [6.07, 6.45) is 0. The van der Waals surface area contributed by atoms with Gasteiger partial charge in [-0.3, -0.25) is 4.98 Å². The van der Waals surface area contributed by atoms with E-state index in [1.165, 1.54) is 0 Å². The molecule has 1 aromatic heterocycles. The lowest BCUT2D eigenvalue weighted by Crippen LogP contribution is -1.92. The monoisotopic (exact) mass is 277 g/mol. The molecule has 2 rings (SSSR count). The summed E-state index contributed by atoms with van der Waals surface area (Å²) in [5, 5.41) is 0. The van der Waals surface area contributed by atoms with Crippen molar-refractivity contribution in [2.24, 2.45) is 0 Å². The molecule has 0 saturated carbocycles. The van der Waals surface area contributed by atoms with Gasteiger partial charge >= 0.3 is 5.76 Å². The molecule has 1 N–H and O–H groups in total. The molecule has 62 valence electrons. The van der Waals surface area contributed by atoms with E-state index in [4.69, 9.17) is 7.48 Å². The molecule has 0 aliphatic heterocycles. The van der Waals surface area contributed by atoms with E-state index < -0.39 is 5.76 Å². The fraction of sp³-hybridized carbons (Fsp3) is 0. The van der Waals surface area contributed by atoms with Gasteiger partial charge in [0.1, 0.15) is 5.75 Å². The number of halogens is 1. The second-order valence-electron chi connectivity index (χ2n) is 2.25. The van der Waals surface area contributed by atoms with Crippen LogP contribution < -0.4 is 8.82 Å². The maximum Gasteiger partial charge on any atom is 0.417 e. The summed E-state index contributed by atoms with van der Waals surface area (Å²) in [5.41, 5.74) is 1.19. The van der Waals surface area contributed by atoms with Crippen LogP contribution >= 0.6 is 23.0 Å². The van der Waals surface area contributed by atoms with E-state index in [2.05, 4.69) is 4.98 Å². The summed E-state index contributed by atoms with van der Waals surface area (Å²) in [7, 11) is 0. The molecule has 0 fully saturated rings. The standard InChI is InChI=1S/C7H4INO3/c8-12-4-1-2-5-6(3-4)11-7(10)9-5/h1-3H,(H,9,10). The van der Waals surface area contributed by atoms with Crippen LogP contribution in [0, 0.1) is 0 Å². The van der Waals surface area contributed by atoms with Crippen LogP contribution in [0.2, 0.25) is 0 Å². The number of benzene rings is 1. The van der Waals surface area contributed by atoms with Crippen LogP contribution in [0.25, 0.3) is 11.1 Å². The molecule has 0 unspecified atom stereocenters. The molecule has 0 spiro atoms. The third kappa shape index (κ3) is 1.20. The normalized spacial score (nSPS) is 10.4. The Bertz CT molecular complexity index is 459. The topological polar surface area (TPSA) is 55.2 Å². The van der Waals surface area contributed by atoms with E-state index in [1.54, 1.807) is 41.2 Å². The average Bonchev–Trinajstić information content (AvgIpc) is 2.43. The van der Waals surface area contributed by atoms with Crippen LogP contribution in [0.1, 0.15) is 0 Å². The van der Waals surface area contributed by atoms with E-state index in [-0.39, 0.29) is 0 Å². The fourth-order valence-electron chi connectivity index (χ4n) is 0.974. The third-order valence-corrected chi connectivity index (χ3v) is 1.99. The summed E-state index contributed by atoms with van der Waals surface area (Å²) in [6.45, 7) is 0. The molecule has 1 heterocycles. The largest absolute Gasteiger partial charge is 0.428 e. The summed E-state index contributed by atoms with van der Waals surface area (Å²) in [6, 6.07) is 5.13. The predicted molar refractivity (Wildman–Crippen MR) is 51.5 cm³/mol. The van der Waals surface area contributed by atoms with Gasteiger partial charge in [-0.05, 0) is 12.1 Å². The summed E-state index contributed by atoms with van der Waals surface area (Å²) in [5.74, 6) is 0.210. The lowest BCUT2D eigenvalue weighted by Gasteiger charge is -1.93. The van der Waals surface area contributed by atoms with Gasteiger partial charge in [0, 0.05) is 6.07 Å². The number of H-pyrrole nitrogens is 1. The van der Waals surface area contributed by atoms with Gasteiger partial charge in [-0.2, -0.15) is 0 Å². The number of hydrogen-bond acceptors (Lipinski definition) is 3. The lowest BCUT2D eigenvalue weighted by atomic mass is 10.3. The SMILES string of the molecule is O=c1[nH]c2ccc(OI)cc2o1. The van der Waals surface area contributed by atoms with E-state index in [1.807, 2.05) is 0 Å². The minimum atomic E-state index is -0.449. The first-order valence-corrected chi connectivity index (χ1v) is 4.09. The van der Waals surface area contributed by atoms with Crippen LogP contribution in [0.5, 0.6) is 5.75 Å². The van der Waals surface area contributed by atoms with Crippen molar-refractivity contribution in [3.63, 3.8) is 0 Å². The lowest BCUT2D eigenvalue weighted by molar-refractivity contribution is 0.554. The van der Waals surface area contributed by atoms with Crippen molar-refractivity contribution >= 4 is 34.1 Å². The van der Waals surface area contributed by atoms with Gasteiger partial charge in [-0.15, -0.1) is 0 Å². The van der Waals surface area contributed by atoms with Crippen molar-refractivity contribution in [1.29, 1.82) is 0 Å². The van der Waals surface area contributed by atoms with Gasteiger partial charge < -0.3 is 7.48 Å². The van der Waals surface area contributed by atoms with Gasteiger partial charge in [0.05, 0.1) is 5.52 Å². The minimum Gasteiger partial charge on any atom is -0.428 e. The first-order valence-electron chi connectivity index (χ1n) is 3.21. The molecule has 4 nitrogen and oxygen atoms in total. The van der Waals surface area contributed by atoms with E-state index in [0.29, 0.717) is 16.8 Å². The Kier molecular flexibility index (Phi) is 1.80. The molecule has 0 atom stereocenters. The van der Waals surface area contributed by atoms with Crippen LogP contribution in [0.15, 0.2) is 27.4 Å². The Morgan fingerprint density at radius 3 is 3.08 bits per heavy atom. The van der Waals surface area contributed by atoms with E-state index in [9.17, 15) is 4.79 Å². The van der Waals surface area contributed by atoms with E-state index >= 15 is 0 Å². The number of aromatic nitrogens is 1. The van der Waals surface area contributed by atoms with E-state index in [0.717, 1.165) is 0 Å². The zero-order chi connectivity index (χ0) is 8.55. The fourth-order valence-corrected chi connectivity index (χ4v) is 1.25. The minimum absolute atomic E-state index is 0.449. The van der Waals surface area contributed by atoms with Crippen molar-refractivity contribution in [2.75, 3.05) is 0 Å². The Balaban J connectivity index is 2.74. The van der Waals surface area contributed by atoms with Crippen molar-refractivity contribution in [3.05, 3.63) is 28.7 Å². The molecule has 0 amide bonds. The second-order valence-corrected chi connectivity index (χ2v) is 2.69. The van der Waals surface area contributed by atoms with Crippen LogP contribution in [0.4, 0.5) is 0 Å². The molecule has 12 heavy (non-hydrogen) atoms. The zero-order valence-electron chi connectivity index (χ0n) is 5.83. The quantitative estimate of drug-likeness (QED) is 0.809. The summed E-state index contributed by atoms with van der Waals surface area (Å²) < 4.78 is 9.74. The molecule has 2 aromatic rings. The molecule has 0 saturated heterocycles. The van der Waals surface area contributed by atoms with Gasteiger partial charge in [0.15, 0.2) is 28.6 Å². The maximum atomic E-state index is 10.7. The van der Waals surface area contributed by atoms with Crippen molar-refractivity contribution in [2.45, 2.75) is 0 Å². The van der Waals surface area contributed by atoms with Crippen LogP contribution in [-0.4, -0.2) is 4.98 Å². The van der Waals surface area contributed by atoms with Crippen LogP contribution in [0.3, 0.4) is 0 Å². The molecule has 5 heteroatoms. The highest BCUT2D eigenvalue weighted by Gasteiger charge is 2.01. The first kappa shape index (κ1) is 7.66. The molecule has 0 aliphatic carbocycles. The van der Waals surface area contributed by atoms with Gasteiger partial charge in [-0.1, -0.05) is 0 Å². The molecule has 0 bridgehead atoms. The molecule has 0 aliphatic rings. The molecular weight excluding hydrogens is 273 g/mol. The number of aromatic amines is 1. The summed E-state index contributed by atoms with van der Waals surface area (Å²) >= 11 is 1.76. The maximum absolute atomic E-state index is 10.7.